The number of aromatic nitrogens is 4. The van der Waals surface area contributed by atoms with Crippen molar-refractivity contribution in [3.05, 3.63) is 82.7 Å². The number of methoxy groups -OCH3 is 2. The van der Waals surface area contributed by atoms with Crippen molar-refractivity contribution in [1.82, 2.24) is 35.2 Å². The van der Waals surface area contributed by atoms with E-state index in [4.69, 9.17) is 53.2 Å². The number of nitrogens with zero attached hydrogens (tertiary/aromatic N) is 6. The van der Waals surface area contributed by atoms with Crippen molar-refractivity contribution in [2.45, 2.75) is 65.5 Å². The normalized spacial score (nSPS) is 13.7. The third-order valence-electron chi connectivity index (χ3n) is 10.3. The molecule has 4 heterocycles. The molecule has 2 saturated heterocycles. The lowest BCUT2D eigenvalue weighted by atomic mass is 10.0. The lowest BCUT2D eigenvalue weighted by Crippen LogP contribution is -2.46. The Labute approximate surface area is 442 Å². The van der Waals surface area contributed by atoms with E-state index in [0.717, 1.165) is 44.1 Å². The van der Waals surface area contributed by atoms with Gasteiger partial charge in [-0.15, -0.1) is 23.2 Å². The smallest absolute Gasteiger partial charge is 0.464 e. The van der Waals surface area contributed by atoms with E-state index in [9.17, 15) is 37.1 Å². The zero-order valence-electron chi connectivity index (χ0n) is 42.1. The molecule has 75 heavy (non-hydrogen) atoms. The van der Waals surface area contributed by atoms with E-state index in [1.165, 1.54) is 55.8 Å². The SMILES string of the molecule is CCOP(=O)(N=C=O)OCC.CCOP(=O)(NC(=O)N1CCC(Nc2ncc(C(=O)c3cc(F)ccc3OC)c(N)n2)CC1)OCC.COc1ccc(F)cc1C(=O)c1cnc(NC2CCNCC2)nc1N.ClCCl. The topological polar surface area (TPSA) is 325 Å². The minimum Gasteiger partial charge on any atom is -0.496 e. The summed E-state index contributed by atoms with van der Waals surface area (Å²) in [5.41, 5.74) is 12.2. The third kappa shape index (κ3) is 20.3. The largest absolute Gasteiger partial charge is 0.496 e. The predicted octanol–water partition coefficient (Wildman–Crippen LogP) is 7.73. The summed E-state index contributed by atoms with van der Waals surface area (Å²) in [7, 11) is -4.44. The Morgan fingerprint density at radius 1 is 0.733 bits per heavy atom. The molecule has 2 aromatic heterocycles. The first-order valence-electron chi connectivity index (χ1n) is 23.2. The van der Waals surface area contributed by atoms with Gasteiger partial charge in [0.15, 0.2) is 0 Å². The monoisotopic (exact) mass is 1130 g/mol. The number of carbonyl (C=O) groups is 3. The van der Waals surface area contributed by atoms with Crippen molar-refractivity contribution < 1.29 is 64.7 Å². The number of anilines is 4. The van der Waals surface area contributed by atoms with Crippen LogP contribution in [0.3, 0.4) is 0 Å². The van der Waals surface area contributed by atoms with Crippen LogP contribution in [-0.4, -0.2) is 133 Å². The number of nitrogens with two attached hydrogens (primary N) is 2. The number of isocyanates is 1. The van der Waals surface area contributed by atoms with Gasteiger partial charge in [0, 0.05) is 37.6 Å². The Bertz CT molecular complexity index is 2630. The van der Waals surface area contributed by atoms with E-state index in [2.05, 4.69) is 54.8 Å². The number of amides is 2. The fourth-order valence-electron chi connectivity index (χ4n) is 6.94. The molecule has 2 aliphatic rings. The highest BCUT2D eigenvalue weighted by Crippen LogP contribution is 2.49. The fraction of sp³-hybridized carbons (Fsp3) is 0.467. The Kier molecular flexibility index (Phi) is 27.5. The van der Waals surface area contributed by atoms with Gasteiger partial charge in [0.05, 0.1) is 68.2 Å². The second-order valence-corrected chi connectivity index (χ2v) is 19.4. The van der Waals surface area contributed by atoms with E-state index < -0.39 is 44.7 Å². The van der Waals surface area contributed by atoms with Crippen LogP contribution in [0.15, 0.2) is 53.6 Å². The Morgan fingerprint density at radius 3 is 1.52 bits per heavy atom. The quantitative estimate of drug-likeness (QED) is 0.0162. The highest BCUT2D eigenvalue weighted by molar-refractivity contribution is 7.52. The van der Waals surface area contributed by atoms with Gasteiger partial charge >= 0.3 is 21.5 Å². The maximum absolute atomic E-state index is 13.7. The second kappa shape index (κ2) is 32.5. The Hall–Kier alpha value is -5.91. The van der Waals surface area contributed by atoms with E-state index >= 15 is 0 Å². The molecule has 6 rings (SSSR count). The van der Waals surface area contributed by atoms with Gasteiger partial charge < -0.3 is 41.8 Å². The number of hydrogen-bond acceptors (Lipinski definition) is 21. The number of alkyl halides is 2. The van der Waals surface area contributed by atoms with Crippen LogP contribution >= 0.6 is 38.7 Å². The first-order valence-corrected chi connectivity index (χ1v) is 27.3. The number of hydrogen-bond donors (Lipinski definition) is 6. The molecule has 2 aromatic carbocycles. The lowest BCUT2D eigenvalue weighted by molar-refractivity contribution is 0.102. The molecule has 0 spiro atoms. The van der Waals surface area contributed by atoms with Crippen molar-refractivity contribution in [3.8, 4) is 11.5 Å². The summed E-state index contributed by atoms with van der Waals surface area (Å²) in [6, 6.07) is 7.01. The van der Waals surface area contributed by atoms with Crippen molar-refractivity contribution in [2.24, 2.45) is 4.76 Å². The van der Waals surface area contributed by atoms with Crippen LogP contribution in [-0.2, 0) is 32.0 Å². The van der Waals surface area contributed by atoms with Crippen LogP contribution in [0.2, 0.25) is 0 Å². The van der Waals surface area contributed by atoms with Crippen LogP contribution < -0.4 is 42.0 Å². The number of ether oxygens (including phenoxy) is 2. The average Bonchev–Trinajstić information content (AvgIpc) is 3.37. The van der Waals surface area contributed by atoms with Crippen LogP contribution in [0.4, 0.5) is 37.1 Å². The fourth-order valence-corrected chi connectivity index (χ4v) is 9.15. The maximum atomic E-state index is 13.7. The summed E-state index contributed by atoms with van der Waals surface area (Å²) >= 11 is 9.53. The van der Waals surface area contributed by atoms with Gasteiger partial charge in [-0.25, -0.2) is 42.6 Å². The predicted molar refractivity (Wildman–Crippen MR) is 278 cm³/mol. The van der Waals surface area contributed by atoms with Gasteiger partial charge in [0.2, 0.25) is 29.5 Å². The van der Waals surface area contributed by atoms with Crippen molar-refractivity contribution in [1.29, 1.82) is 0 Å². The molecule has 0 atom stereocenters. The summed E-state index contributed by atoms with van der Waals surface area (Å²) in [6.07, 6.45) is 6.82. The number of carbonyl (C=O) groups excluding carboxylic acids is 4. The summed E-state index contributed by atoms with van der Waals surface area (Å²) in [4.78, 5) is 66.0. The van der Waals surface area contributed by atoms with Crippen molar-refractivity contribution in [2.75, 3.05) is 94.3 Å². The number of urea groups is 1. The Balaban J connectivity index is 0.000000327. The van der Waals surface area contributed by atoms with Crippen molar-refractivity contribution in [3.63, 3.8) is 0 Å². The van der Waals surface area contributed by atoms with Crippen LogP contribution in [0.25, 0.3) is 0 Å². The molecule has 0 unspecified atom stereocenters. The van der Waals surface area contributed by atoms with E-state index in [0.29, 0.717) is 31.9 Å². The van der Waals surface area contributed by atoms with Crippen LogP contribution in [0.5, 0.6) is 11.5 Å². The van der Waals surface area contributed by atoms with Gasteiger partial charge in [-0.2, -0.15) is 9.97 Å². The summed E-state index contributed by atoms with van der Waals surface area (Å²) in [5, 5.41) is 12.2. The number of ketones is 2. The molecule has 412 valence electrons. The molecule has 2 amide bonds. The van der Waals surface area contributed by atoms with Gasteiger partial charge in [-0.1, -0.05) is 4.76 Å². The van der Waals surface area contributed by atoms with E-state index in [-0.39, 0.29) is 95.2 Å². The first kappa shape index (κ1) is 63.4. The molecule has 0 saturated carbocycles. The zero-order chi connectivity index (χ0) is 55.6. The van der Waals surface area contributed by atoms with Gasteiger partial charge in [-0.3, -0.25) is 27.7 Å². The van der Waals surface area contributed by atoms with Crippen LogP contribution in [0, 0.1) is 11.6 Å². The van der Waals surface area contributed by atoms with Gasteiger partial charge in [-0.05, 0) is 103 Å². The highest BCUT2D eigenvalue weighted by atomic mass is 35.5. The molecule has 0 radical (unpaired) electrons. The first-order chi connectivity index (χ1) is 35.9. The summed E-state index contributed by atoms with van der Waals surface area (Å²) in [5.74, 6) is -1.12. The number of piperidine rings is 2. The standard InChI is InChI=1S/C22H30FN6O6P.C17H20FN5O2.C5H10NO4P.CH2Cl2/c1-4-34-36(32,35-5-2)28-22(31)29-10-8-15(9-11-29)26-21-25-13-17(20(24)27-21)19(30)16-12-14(23)6-7-18(16)33-3;1-25-14-3-2-10(18)8-12(14)15(24)13-9-21-17(23-16(13)19)22-11-4-6-20-7-5-11;1-3-9-11(8,6-5-7)10-4-2;2-1-3/h6-7,12-13,15H,4-5,8-11H2,1-3H3,(H,28,31,32)(H3,24,25,26,27);2-3,8-9,11,20H,4-7H2,1H3,(H3,19,21,22,23);3-4H2,1-2H3;1H2. The molecule has 8 N–H and O–H groups in total. The molecular formula is C45H62Cl2F2N12O12P2. The zero-order valence-corrected chi connectivity index (χ0v) is 45.4. The van der Waals surface area contributed by atoms with Gasteiger partial charge in [0.25, 0.3) is 0 Å². The molecule has 2 aliphatic heterocycles. The van der Waals surface area contributed by atoms with Gasteiger partial charge in [0.1, 0.15) is 34.8 Å². The van der Waals surface area contributed by atoms with E-state index in [1.807, 2.05) is 0 Å². The molecule has 24 nitrogen and oxygen atoms in total. The Morgan fingerprint density at radius 2 is 1.15 bits per heavy atom. The number of nitrogens with one attached hydrogen (secondary N) is 4. The summed E-state index contributed by atoms with van der Waals surface area (Å²) < 4.78 is 83.5. The number of rotatable bonds is 20. The average molecular weight is 1130 g/mol. The molecule has 0 aliphatic carbocycles. The molecule has 2 fully saturated rings. The van der Waals surface area contributed by atoms with E-state index in [1.54, 1.807) is 27.7 Å². The molecular weight excluding hydrogens is 1070 g/mol. The number of nitrogen functional groups attached to an aromatic ring is 2. The minimum atomic E-state index is -3.71. The number of likely N-dealkylation sites (tertiary alicyclic amines) is 1. The van der Waals surface area contributed by atoms with Crippen molar-refractivity contribution >= 4 is 85.9 Å². The lowest BCUT2D eigenvalue weighted by Gasteiger charge is -2.33. The maximum Gasteiger partial charge on any atom is 0.464 e. The molecule has 30 heteroatoms. The third-order valence-corrected chi connectivity index (χ3v) is 13.5. The minimum absolute atomic E-state index is 0.0115. The molecule has 4 aromatic rings. The number of halogens is 4. The summed E-state index contributed by atoms with van der Waals surface area (Å²) in [6.45, 7) is 9.84. The van der Waals surface area contributed by atoms with Crippen LogP contribution in [0.1, 0.15) is 85.2 Å². The highest BCUT2D eigenvalue weighted by Gasteiger charge is 2.32. The second-order valence-electron chi connectivity index (χ2n) is 15.3. The number of benzene rings is 2. The molecule has 0 bridgehead atoms.